The lowest BCUT2D eigenvalue weighted by Crippen LogP contribution is -2.40. The zero-order chi connectivity index (χ0) is 19.2. The fourth-order valence-electron chi connectivity index (χ4n) is 3.56. The maximum Gasteiger partial charge on any atom is 0.334 e. The van der Waals surface area contributed by atoms with Crippen LogP contribution in [0.2, 0.25) is 0 Å². The first-order valence-electron chi connectivity index (χ1n) is 8.50. The molecule has 0 amide bonds. The van der Waals surface area contributed by atoms with E-state index in [0.29, 0.717) is 5.57 Å². The van der Waals surface area contributed by atoms with Gasteiger partial charge in [-0.15, -0.1) is 0 Å². The number of carbonyl (C=O) groups is 3. The van der Waals surface area contributed by atoms with Crippen molar-refractivity contribution in [2.45, 2.75) is 51.1 Å². The number of allylic oxidation sites excluding steroid dienone is 2. The van der Waals surface area contributed by atoms with Gasteiger partial charge in [-0.05, 0) is 32.9 Å². The van der Waals surface area contributed by atoms with Crippen LogP contribution in [0.25, 0.3) is 0 Å². The molecule has 2 saturated heterocycles. The number of rotatable bonds is 2. The minimum absolute atomic E-state index is 0.207. The molecule has 0 unspecified atom stereocenters. The van der Waals surface area contributed by atoms with Crippen molar-refractivity contribution in [3.63, 3.8) is 0 Å². The Balaban J connectivity index is 2.05. The first-order valence-corrected chi connectivity index (χ1v) is 8.50. The van der Waals surface area contributed by atoms with E-state index in [9.17, 15) is 14.4 Å². The third-order valence-electron chi connectivity index (χ3n) is 5.22. The van der Waals surface area contributed by atoms with Crippen LogP contribution in [0.15, 0.2) is 48.1 Å². The third kappa shape index (κ3) is 2.94. The minimum Gasteiger partial charge on any atom is -0.458 e. The summed E-state index contributed by atoms with van der Waals surface area (Å²) in [7, 11) is 0. The Hall–Kier alpha value is -2.47. The number of ketones is 1. The van der Waals surface area contributed by atoms with Crippen LogP contribution in [0.4, 0.5) is 0 Å². The van der Waals surface area contributed by atoms with Gasteiger partial charge < -0.3 is 14.2 Å². The van der Waals surface area contributed by atoms with Gasteiger partial charge in [-0.1, -0.05) is 19.2 Å². The first-order chi connectivity index (χ1) is 12.2. The lowest BCUT2D eigenvalue weighted by molar-refractivity contribution is -0.148. The van der Waals surface area contributed by atoms with E-state index in [0.717, 1.165) is 0 Å². The normalized spacial score (nSPS) is 37.0. The van der Waals surface area contributed by atoms with Gasteiger partial charge in [0, 0.05) is 23.1 Å². The molecule has 3 aliphatic heterocycles. The molecular weight excluding hydrogens is 336 g/mol. The van der Waals surface area contributed by atoms with Crippen molar-refractivity contribution in [3.8, 4) is 0 Å². The molecular formula is C20H22O6. The van der Waals surface area contributed by atoms with Crippen molar-refractivity contribution >= 4 is 17.7 Å². The second-order valence-electron chi connectivity index (χ2n) is 7.11. The van der Waals surface area contributed by atoms with E-state index in [1.165, 1.54) is 6.08 Å². The van der Waals surface area contributed by atoms with E-state index >= 15 is 0 Å². The van der Waals surface area contributed by atoms with Crippen molar-refractivity contribution in [1.29, 1.82) is 0 Å². The van der Waals surface area contributed by atoms with E-state index in [-0.39, 0.29) is 23.4 Å². The quantitative estimate of drug-likeness (QED) is 0.556. The largest absolute Gasteiger partial charge is 0.458 e. The van der Waals surface area contributed by atoms with E-state index in [1.807, 2.05) is 0 Å². The monoisotopic (exact) mass is 358 g/mol. The van der Waals surface area contributed by atoms with Crippen molar-refractivity contribution in [2.75, 3.05) is 0 Å². The summed E-state index contributed by atoms with van der Waals surface area (Å²) in [5.41, 5.74) is 0.0155. The molecule has 0 spiro atoms. The molecule has 5 atom stereocenters. The van der Waals surface area contributed by atoms with Gasteiger partial charge in [0.15, 0.2) is 5.78 Å². The van der Waals surface area contributed by atoms with Gasteiger partial charge >= 0.3 is 11.9 Å². The fraction of sp³-hybridized carbons (Fsp3) is 0.450. The van der Waals surface area contributed by atoms with Gasteiger partial charge in [0.05, 0.1) is 11.5 Å². The number of carbonyl (C=O) groups excluding carboxylic acids is 3. The van der Waals surface area contributed by atoms with Crippen LogP contribution < -0.4 is 0 Å². The number of ether oxygens (including phenoxy) is 3. The molecule has 6 nitrogen and oxygen atoms in total. The standard InChI is InChI=1S/C20H22O6/c1-6-10(2)18(22)24-14-9-20(5)8-7-13(21)11(3)16(26-20)17-15(14)12(4)19(23)25-17/h6-8,14-17H,3-4,9H2,1-2,5H3/b10-6-/t14-,15-,16-,17+,20-/m1/s1. The second-order valence-corrected chi connectivity index (χ2v) is 7.11. The highest BCUT2D eigenvalue weighted by Gasteiger charge is 2.56. The predicted octanol–water partition coefficient (Wildman–Crippen LogP) is 2.20. The zero-order valence-corrected chi connectivity index (χ0v) is 15.1. The van der Waals surface area contributed by atoms with Crippen LogP contribution in [-0.2, 0) is 28.6 Å². The molecule has 3 aliphatic rings. The summed E-state index contributed by atoms with van der Waals surface area (Å²) in [6.45, 7) is 12.8. The Morgan fingerprint density at radius 1 is 1.35 bits per heavy atom. The zero-order valence-electron chi connectivity index (χ0n) is 15.1. The molecule has 0 N–H and O–H groups in total. The molecule has 0 aliphatic carbocycles. The number of fused-ring (bicyclic) bond motifs is 4. The molecule has 2 bridgehead atoms. The Morgan fingerprint density at radius 2 is 2.04 bits per heavy atom. The predicted molar refractivity (Wildman–Crippen MR) is 93.0 cm³/mol. The van der Waals surface area contributed by atoms with Gasteiger partial charge in [0.1, 0.15) is 18.3 Å². The molecule has 3 rings (SSSR count). The van der Waals surface area contributed by atoms with Crippen LogP contribution in [0.3, 0.4) is 0 Å². The van der Waals surface area contributed by atoms with E-state index < -0.39 is 41.8 Å². The van der Waals surface area contributed by atoms with Crippen molar-refractivity contribution in [3.05, 3.63) is 48.1 Å². The lowest BCUT2D eigenvalue weighted by Gasteiger charge is -2.29. The van der Waals surface area contributed by atoms with Crippen LogP contribution in [-0.4, -0.2) is 41.6 Å². The van der Waals surface area contributed by atoms with Crippen molar-refractivity contribution in [2.24, 2.45) is 5.92 Å². The Morgan fingerprint density at radius 3 is 2.69 bits per heavy atom. The molecule has 3 heterocycles. The molecule has 2 fully saturated rings. The van der Waals surface area contributed by atoms with Gasteiger partial charge in [-0.2, -0.15) is 0 Å². The molecule has 26 heavy (non-hydrogen) atoms. The molecule has 138 valence electrons. The average Bonchev–Trinajstić information content (AvgIpc) is 2.76. The number of hydrogen-bond donors (Lipinski definition) is 0. The van der Waals surface area contributed by atoms with E-state index in [4.69, 9.17) is 14.2 Å². The molecule has 0 aromatic carbocycles. The molecule has 6 heteroatoms. The van der Waals surface area contributed by atoms with E-state index in [2.05, 4.69) is 13.2 Å². The average molecular weight is 358 g/mol. The molecule has 0 aromatic rings. The molecule has 0 saturated carbocycles. The van der Waals surface area contributed by atoms with Crippen molar-refractivity contribution in [1.82, 2.24) is 0 Å². The number of hydrogen-bond acceptors (Lipinski definition) is 6. The summed E-state index contributed by atoms with van der Waals surface area (Å²) in [5, 5.41) is 0. The van der Waals surface area contributed by atoms with Crippen LogP contribution in [0.1, 0.15) is 27.2 Å². The van der Waals surface area contributed by atoms with Gasteiger partial charge in [0.25, 0.3) is 0 Å². The molecule has 0 aromatic heterocycles. The Labute approximate surface area is 152 Å². The summed E-state index contributed by atoms with van der Waals surface area (Å²) in [5.74, 6) is -1.92. The maximum absolute atomic E-state index is 12.3. The highest BCUT2D eigenvalue weighted by molar-refractivity contribution is 6.05. The first kappa shape index (κ1) is 18.3. The van der Waals surface area contributed by atoms with Crippen LogP contribution in [0.5, 0.6) is 0 Å². The smallest absolute Gasteiger partial charge is 0.334 e. The fourth-order valence-corrected chi connectivity index (χ4v) is 3.56. The lowest BCUT2D eigenvalue weighted by atomic mass is 9.82. The SMILES string of the molecule is C=C1C(=O)O[C@H]2[C@H]1[C@H](OC(=O)/C(C)=C\C)C[C@@]1(C)C=CC(=O)C(=C)[C@H]2O1. The topological polar surface area (TPSA) is 78.9 Å². The summed E-state index contributed by atoms with van der Waals surface area (Å²) >= 11 is 0. The van der Waals surface area contributed by atoms with Crippen LogP contribution in [0, 0.1) is 5.92 Å². The van der Waals surface area contributed by atoms with E-state index in [1.54, 1.807) is 32.9 Å². The Bertz CT molecular complexity index is 773. The summed E-state index contributed by atoms with van der Waals surface area (Å²) < 4.78 is 17.3. The second kappa shape index (κ2) is 6.36. The number of esters is 2. The maximum atomic E-state index is 12.3. The molecule has 0 radical (unpaired) electrons. The van der Waals surface area contributed by atoms with Crippen molar-refractivity contribution < 1.29 is 28.6 Å². The van der Waals surface area contributed by atoms with Gasteiger partial charge in [-0.3, -0.25) is 4.79 Å². The highest BCUT2D eigenvalue weighted by atomic mass is 16.6. The van der Waals surface area contributed by atoms with Crippen LogP contribution >= 0.6 is 0 Å². The van der Waals surface area contributed by atoms with Gasteiger partial charge in [-0.25, -0.2) is 9.59 Å². The third-order valence-corrected chi connectivity index (χ3v) is 5.22. The highest BCUT2D eigenvalue weighted by Crippen LogP contribution is 2.45. The van der Waals surface area contributed by atoms with Gasteiger partial charge in [0.2, 0.25) is 0 Å². The summed E-state index contributed by atoms with van der Waals surface area (Å²) in [4.78, 5) is 36.7. The minimum atomic E-state index is -0.869. The summed E-state index contributed by atoms with van der Waals surface area (Å²) in [6, 6.07) is 0. The summed E-state index contributed by atoms with van der Waals surface area (Å²) in [6.07, 6.45) is 2.67. The Kier molecular flexibility index (Phi) is 4.48.